The number of anilines is 1. The van der Waals surface area contributed by atoms with Gasteiger partial charge in [-0.3, -0.25) is 14.5 Å². The van der Waals surface area contributed by atoms with Crippen LogP contribution in [0.5, 0.6) is 5.75 Å². The summed E-state index contributed by atoms with van der Waals surface area (Å²) >= 11 is 0. The van der Waals surface area contributed by atoms with Crippen molar-refractivity contribution >= 4 is 22.6 Å². The molecule has 2 unspecified atom stereocenters. The molecule has 3 aliphatic rings. The molecular formula is C20H20FN3O4. The van der Waals surface area contributed by atoms with Crippen LogP contribution in [-0.4, -0.2) is 42.6 Å². The maximum Gasteiger partial charge on any atom is 0.341 e. The van der Waals surface area contributed by atoms with Crippen molar-refractivity contribution < 1.29 is 19.0 Å². The molecule has 1 aliphatic carbocycles. The molecule has 1 aromatic carbocycles. The highest BCUT2D eigenvalue weighted by Crippen LogP contribution is 2.44. The fraction of sp³-hybridized carbons (Fsp3) is 0.400. The lowest BCUT2D eigenvalue weighted by Crippen LogP contribution is -2.40. The summed E-state index contributed by atoms with van der Waals surface area (Å²) in [5, 5.41) is 11.0. The first-order valence-electron chi connectivity index (χ1n) is 9.36. The number of carboxylic acid groups (broad SMARTS) is 1. The molecule has 0 radical (unpaired) electrons. The summed E-state index contributed by atoms with van der Waals surface area (Å²) in [4.78, 5) is 26.1. The van der Waals surface area contributed by atoms with Gasteiger partial charge < -0.3 is 14.7 Å². The molecule has 2 atom stereocenters. The number of pyridine rings is 1. The number of benzene rings is 1. The molecule has 2 aromatic rings. The van der Waals surface area contributed by atoms with Gasteiger partial charge in [0, 0.05) is 26.3 Å². The number of rotatable bonds is 2. The van der Waals surface area contributed by atoms with Crippen molar-refractivity contribution in [1.82, 2.24) is 4.68 Å². The van der Waals surface area contributed by atoms with Crippen molar-refractivity contribution in [1.29, 1.82) is 0 Å². The topological polar surface area (TPSA) is 75.0 Å². The van der Waals surface area contributed by atoms with Crippen LogP contribution in [0.4, 0.5) is 10.1 Å². The summed E-state index contributed by atoms with van der Waals surface area (Å²) < 4.78 is 22.6. The lowest BCUT2D eigenvalue weighted by molar-refractivity contribution is 0.0694. The van der Waals surface area contributed by atoms with Crippen LogP contribution in [0.25, 0.3) is 10.9 Å². The normalized spacial score (nSPS) is 23.1. The largest absolute Gasteiger partial charge is 0.477 e. The van der Waals surface area contributed by atoms with Crippen molar-refractivity contribution in [2.75, 3.05) is 36.8 Å². The van der Waals surface area contributed by atoms with Crippen molar-refractivity contribution in [3.8, 4) is 5.75 Å². The summed E-state index contributed by atoms with van der Waals surface area (Å²) in [5.41, 5.74) is -0.329. The van der Waals surface area contributed by atoms with Gasteiger partial charge in [0.2, 0.25) is 5.43 Å². The zero-order valence-corrected chi connectivity index (χ0v) is 15.4. The van der Waals surface area contributed by atoms with Crippen LogP contribution in [-0.2, 0) is 0 Å². The number of nitrogens with zero attached hydrogens (tertiary/aromatic N) is 3. The minimum absolute atomic E-state index is 0.0132. The first kappa shape index (κ1) is 17.1. The summed E-state index contributed by atoms with van der Waals surface area (Å²) in [6.07, 6.45) is 7.80. The van der Waals surface area contributed by atoms with Gasteiger partial charge in [0.25, 0.3) is 0 Å². The number of hydrogen-bond acceptors (Lipinski definition) is 5. The third-order valence-corrected chi connectivity index (χ3v) is 6.04. The van der Waals surface area contributed by atoms with Crippen molar-refractivity contribution in [2.45, 2.75) is 12.8 Å². The van der Waals surface area contributed by atoms with Crippen LogP contribution in [0.2, 0.25) is 0 Å². The molecule has 0 bridgehead atoms. The standard InChI is InChI=1S/C20H20FN3O4/c1-22-10-28-19-16-13(18(25)14(20(26)27)9-24(16)22)6-15(21)17(19)23-7-11-4-2-3-5-12(11)8-23/h2,4,6,9,11-12H,3,5,7-8,10H2,1H3,(H,26,27). The van der Waals surface area contributed by atoms with E-state index in [1.54, 1.807) is 16.7 Å². The molecule has 1 fully saturated rings. The van der Waals surface area contributed by atoms with Gasteiger partial charge in [-0.1, -0.05) is 12.2 Å². The Morgan fingerprint density at radius 1 is 1.36 bits per heavy atom. The highest BCUT2D eigenvalue weighted by Gasteiger charge is 2.37. The Bertz CT molecular complexity index is 1090. The number of halogens is 1. The van der Waals surface area contributed by atoms with Gasteiger partial charge in [0.05, 0.1) is 5.39 Å². The van der Waals surface area contributed by atoms with E-state index in [-0.39, 0.29) is 12.1 Å². The maximum atomic E-state index is 15.2. The second kappa shape index (κ2) is 5.98. The van der Waals surface area contributed by atoms with E-state index in [0.717, 1.165) is 25.5 Å². The van der Waals surface area contributed by atoms with Gasteiger partial charge >= 0.3 is 5.97 Å². The van der Waals surface area contributed by atoms with E-state index in [4.69, 9.17) is 4.74 Å². The number of aromatic nitrogens is 1. The fourth-order valence-electron chi connectivity index (χ4n) is 4.65. The quantitative estimate of drug-likeness (QED) is 0.799. The maximum absolute atomic E-state index is 15.2. The lowest BCUT2D eigenvalue weighted by atomic mass is 9.87. The van der Waals surface area contributed by atoms with E-state index < -0.39 is 22.8 Å². The molecule has 7 nitrogen and oxygen atoms in total. The molecule has 0 saturated carbocycles. The Morgan fingerprint density at radius 3 is 2.93 bits per heavy atom. The Labute approximate surface area is 160 Å². The molecule has 146 valence electrons. The molecule has 3 heterocycles. The SMILES string of the molecule is CN1COc2c(N3CC4C=CCCC4C3)c(F)cc3c(=O)c(C(=O)O)cn1c23. The van der Waals surface area contributed by atoms with Gasteiger partial charge in [0.15, 0.2) is 18.3 Å². The van der Waals surface area contributed by atoms with Gasteiger partial charge in [-0.05, 0) is 30.7 Å². The van der Waals surface area contributed by atoms with Crippen molar-refractivity contribution in [2.24, 2.45) is 11.8 Å². The molecule has 2 aliphatic heterocycles. The molecule has 1 N–H and O–H groups in total. The van der Waals surface area contributed by atoms with Gasteiger partial charge in [-0.2, -0.15) is 0 Å². The summed E-state index contributed by atoms with van der Waals surface area (Å²) in [6.45, 7) is 1.56. The van der Waals surface area contributed by atoms with E-state index in [0.29, 0.717) is 35.3 Å². The van der Waals surface area contributed by atoms with E-state index in [9.17, 15) is 14.7 Å². The summed E-state index contributed by atoms with van der Waals surface area (Å²) in [5.74, 6) is -0.711. The molecule has 1 aromatic heterocycles. The predicted octanol–water partition coefficient (Wildman–Crippen LogP) is 2.16. The van der Waals surface area contributed by atoms with E-state index in [1.165, 1.54) is 6.20 Å². The third-order valence-electron chi connectivity index (χ3n) is 6.04. The smallest absolute Gasteiger partial charge is 0.341 e. The summed E-state index contributed by atoms with van der Waals surface area (Å²) in [6, 6.07) is 1.15. The molecule has 28 heavy (non-hydrogen) atoms. The number of allylic oxidation sites excluding steroid dienone is 1. The van der Waals surface area contributed by atoms with Crippen LogP contribution in [0.1, 0.15) is 23.2 Å². The second-order valence-electron chi connectivity index (χ2n) is 7.72. The third kappa shape index (κ3) is 2.33. The first-order valence-corrected chi connectivity index (χ1v) is 9.36. The van der Waals surface area contributed by atoms with Gasteiger partial charge in [0.1, 0.15) is 16.8 Å². The van der Waals surface area contributed by atoms with Crippen LogP contribution in [0.3, 0.4) is 0 Å². The lowest BCUT2D eigenvalue weighted by Gasteiger charge is -2.33. The van der Waals surface area contributed by atoms with Crippen LogP contribution in [0, 0.1) is 17.7 Å². The Kier molecular flexibility index (Phi) is 3.65. The zero-order chi connectivity index (χ0) is 19.6. The molecule has 0 spiro atoms. The van der Waals surface area contributed by atoms with Crippen LogP contribution < -0.4 is 20.1 Å². The Hall–Kier alpha value is -3.03. The molecule has 8 heteroatoms. The highest BCUT2D eigenvalue weighted by atomic mass is 19.1. The number of carboxylic acids is 1. The van der Waals surface area contributed by atoms with E-state index >= 15 is 4.39 Å². The Balaban J connectivity index is 1.74. The monoisotopic (exact) mass is 385 g/mol. The minimum Gasteiger partial charge on any atom is -0.477 e. The van der Waals surface area contributed by atoms with E-state index in [2.05, 4.69) is 12.2 Å². The molecule has 5 rings (SSSR count). The van der Waals surface area contributed by atoms with Crippen LogP contribution in [0.15, 0.2) is 29.2 Å². The van der Waals surface area contributed by atoms with Crippen molar-refractivity contribution in [3.63, 3.8) is 0 Å². The molecular weight excluding hydrogens is 365 g/mol. The molecule has 1 saturated heterocycles. The van der Waals surface area contributed by atoms with Gasteiger partial charge in [-0.15, -0.1) is 0 Å². The van der Waals surface area contributed by atoms with Crippen LogP contribution >= 0.6 is 0 Å². The van der Waals surface area contributed by atoms with Crippen molar-refractivity contribution in [3.05, 3.63) is 46.0 Å². The average Bonchev–Trinajstić information content (AvgIpc) is 3.09. The number of hydrogen-bond donors (Lipinski definition) is 1. The average molecular weight is 385 g/mol. The fourth-order valence-corrected chi connectivity index (χ4v) is 4.65. The Morgan fingerprint density at radius 2 is 2.18 bits per heavy atom. The second-order valence-corrected chi connectivity index (χ2v) is 7.72. The van der Waals surface area contributed by atoms with E-state index in [1.807, 2.05) is 4.90 Å². The number of aromatic carboxylic acids is 1. The number of carbonyl (C=O) groups is 1. The number of ether oxygens (including phenoxy) is 1. The first-order chi connectivity index (χ1) is 13.5. The highest BCUT2D eigenvalue weighted by molar-refractivity contribution is 5.97. The molecule has 0 amide bonds. The zero-order valence-electron chi connectivity index (χ0n) is 15.4. The van der Waals surface area contributed by atoms with Gasteiger partial charge in [-0.25, -0.2) is 9.18 Å². The minimum atomic E-state index is -1.34. The summed E-state index contributed by atoms with van der Waals surface area (Å²) in [7, 11) is 1.72. The number of fused-ring (bicyclic) bond motifs is 1. The predicted molar refractivity (Wildman–Crippen MR) is 102 cm³/mol.